The van der Waals surface area contributed by atoms with Gasteiger partial charge in [-0.05, 0) is 69.6 Å². The fourth-order valence-corrected chi connectivity index (χ4v) is 6.80. The van der Waals surface area contributed by atoms with E-state index in [1.54, 1.807) is 0 Å². The summed E-state index contributed by atoms with van der Waals surface area (Å²) in [4.78, 5) is 12.3. The summed E-state index contributed by atoms with van der Waals surface area (Å²) >= 11 is 0. The zero-order chi connectivity index (χ0) is 25.7. The van der Waals surface area contributed by atoms with Crippen LogP contribution in [0.25, 0.3) is 0 Å². The molecule has 0 aromatic carbocycles. The normalized spacial score (nSPS) is 30.5. The molecule has 2 saturated carbocycles. The van der Waals surface area contributed by atoms with Crippen LogP contribution >= 0.6 is 0 Å². The van der Waals surface area contributed by atoms with Crippen LogP contribution in [0.3, 0.4) is 0 Å². The molecule has 206 valence electrons. The molecule has 0 spiro atoms. The van der Waals surface area contributed by atoms with Crippen LogP contribution in [0.5, 0.6) is 0 Å². The third kappa shape index (κ3) is 10.7. The number of carbonyl (C=O) groups excluding carboxylic acids is 1. The minimum atomic E-state index is -1.03. The molecular weight excluding hydrogens is 436 g/mol. The molecule has 4 nitrogen and oxygen atoms in total. The van der Waals surface area contributed by atoms with Gasteiger partial charge in [0.25, 0.3) is 0 Å². The van der Waals surface area contributed by atoms with Gasteiger partial charge in [-0.25, -0.2) is 0 Å². The van der Waals surface area contributed by atoms with E-state index in [0.717, 1.165) is 38.5 Å². The third-order valence-corrected chi connectivity index (χ3v) is 9.42. The van der Waals surface area contributed by atoms with Crippen molar-refractivity contribution in [2.24, 2.45) is 23.7 Å². The number of rotatable bonds is 17. The Kier molecular flexibility index (Phi) is 13.6. The van der Waals surface area contributed by atoms with Crippen molar-refractivity contribution in [3.8, 4) is 0 Å². The Labute approximate surface area is 217 Å². The van der Waals surface area contributed by atoms with E-state index in [0.29, 0.717) is 30.6 Å². The molecule has 0 bridgehead atoms. The molecule has 4 heteroatoms. The monoisotopic (exact) mass is 494 g/mol. The first-order chi connectivity index (χ1) is 16.7. The van der Waals surface area contributed by atoms with E-state index in [9.17, 15) is 15.0 Å². The first-order valence-electron chi connectivity index (χ1n) is 15.3. The van der Waals surface area contributed by atoms with E-state index in [1.807, 2.05) is 13.8 Å². The van der Waals surface area contributed by atoms with Gasteiger partial charge in [0.2, 0.25) is 0 Å². The van der Waals surface area contributed by atoms with Crippen molar-refractivity contribution in [2.75, 3.05) is 6.61 Å². The molecule has 0 aromatic heterocycles. The highest BCUT2D eigenvalue weighted by Crippen LogP contribution is 2.51. The number of hydrogen-bond acceptors (Lipinski definition) is 4. The highest BCUT2D eigenvalue weighted by molar-refractivity contribution is 5.69. The van der Waals surface area contributed by atoms with Gasteiger partial charge in [0, 0.05) is 6.42 Å². The number of hydrogen-bond donors (Lipinski definition) is 2. The average molecular weight is 495 g/mol. The van der Waals surface area contributed by atoms with Gasteiger partial charge in [-0.15, -0.1) is 0 Å². The predicted octanol–water partition coefficient (Wildman–Crippen LogP) is 7.98. The van der Waals surface area contributed by atoms with Gasteiger partial charge >= 0.3 is 5.97 Å². The van der Waals surface area contributed by atoms with E-state index in [-0.39, 0.29) is 18.5 Å². The van der Waals surface area contributed by atoms with Crippen molar-refractivity contribution in [1.82, 2.24) is 0 Å². The Hall–Kier alpha value is -0.610. The highest BCUT2D eigenvalue weighted by Gasteiger charge is 2.49. The van der Waals surface area contributed by atoms with Crippen molar-refractivity contribution in [2.45, 2.75) is 161 Å². The molecule has 0 amide bonds. The van der Waals surface area contributed by atoms with Gasteiger partial charge < -0.3 is 14.9 Å². The summed E-state index contributed by atoms with van der Waals surface area (Å²) in [5.41, 5.74) is -1.68. The zero-order valence-corrected chi connectivity index (χ0v) is 23.7. The molecule has 2 N–H and O–H groups in total. The number of aliphatic hydroxyl groups is 2. The summed E-state index contributed by atoms with van der Waals surface area (Å²) < 4.78 is 5.55. The summed E-state index contributed by atoms with van der Waals surface area (Å²) in [6.45, 7) is 8.43. The summed E-state index contributed by atoms with van der Waals surface area (Å²) in [7, 11) is 0. The fourth-order valence-electron chi connectivity index (χ4n) is 6.80. The Morgan fingerprint density at radius 1 is 0.914 bits per heavy atom. The van der Waals surface area contributed by atoms with Crippen LogP contribution in [-0.4, -0.2) is 34.0 Å². The summed E-state index contributed by atoms with van der Waals surface area (Å²) in [5.74, 6) is 1.25. The van der Waals surface area contributed by atoms with E-state index in [4.69, 9.17) is 4.74 Å². The maximum Gasteiger partial charge on any atom is 0.305 e. The van der Waals surface area contributed by atoms with E-state index in [1.165, 1.54) is 70.6 Å². The second kappa shape index (κ2) is 15.6. The first kappa shape index (κ1) is 30.6. The third-order valence-electron chi connectivity index (χ3n) is 9.42. The molecule has 0 aromatic rings. The van der Waals surface area contributed by atoms with Gasteiger partial charge in [0.15, 0.2) is 0 Å². The molecule has 2 aliphatic rings. The number of esters is 1. The van der Waals surface area contributed by atoms with Crippen LogP contribution in [0.1, 0.15) is 150 Å². The van der Waals surface area contributed by atoms with E-state index >= 15 is 0 Å². The highest BCUT2D eigenvalue weighted by atomic mass is 16.5. The lowest BCUT2D eigenvalue weighted by Crippen LogP contribution is -2.41. The first-order valence-corrected chi connectivity index (χ1v) is 15.3. The molecule has 2 fully saturated rings. The summed E-state index contributed by atoms with van der Waals surface area (Å²) in [5, 5.41) is 22.2. The second-order valence-corrected chi connectivity index (χ2v) is 12.7. The van der Waals surface area contributed by atoms with Crippen molar-refractivity contribution in [1.29, 1.82) is 0 Å². The Morgan fingerprint density at radius 2 is 1.46 bits per heavy atom. The van der Waals surface area contributed by atoms with Crippen molar-refractivity contribution in [3.05, 3.63) is 0 Å². The second-order valence-electron chi connectivity index (χ2n) is 12.7. The van der Waals surface area contributed by atoms with Crippen molar-refractivity contribution < 1.29 is 19.7 Å². The maximum absolute atomic E-state index is 12.3. The van der Waals surface area contributed by atoms with Crippen molar-refractivity contribution >= 4 is 5.97 Å². The average Bonchev–Trinajstić information content (AvgIpc) is 3.12. The largest absolute Gasteiger partial charge is 0.463 e. The minimum Gasteiger partial charge on any atom is -0.463 e. The standard InChI is InChI=1S/C31H58O4/c1-5-6-7-8-9-10-11-12-13-14-15-16-17-18-29(32)35-24-31(4,34)26-21-22-30(3,33)28-20-19-25(2)27(28)23-26/h25-28,33-34H,5-24H2,1-4H3/t25-,26+,27-,28+,30-,31?/m1/s1. The van der Waals surface area contributed by atoms with Crippen LogP contribution in [0.4, 0.5) is 0 Å². The lowest BCUT2D eigenvalue weighted by atomic mass is 9.76. The van der Waals surface area contributed by atoms with Gasteiger partial charge in [-0.3, -0.25) is 4.79 Å². The molecule has 2 rings (SSSR count). The predicted molar refractivity (Wildman–Crippen MR) is 145 cm³/mol. The van der Waals surface area contributed by atoms with Crippen LogP contribution in [0.2, 0.25) is 0 Å². The number of carbonyl (C=O) groups is 1. The Bertz CT molecular complexity index is 585. The number of fused-ring (bicyclic) bond motifs is 1. The molecule has 2 aliphatic carbocycles. The van der Waals surface area contributed by atoms with Crippen LogP contribution in [-0.2, 0) is 9.53 Å². The van der Waals surface area contributed by atoms with Crippen LogP contribution in [0, 0.1) is 23.7 Å². The van der Waals surface area contributed by atoms with Gasteiger partial charge in [-0.1, -0.05) is 97.3 Å². The molecule has 35 heavy (non-hydrogen) atoms. The molecular formula is C31H58O4. The molecule has 0 heterocycles. The summed E-state index contributed by atoms with van der Waals surface area (Å²) in [6.07, 6.45) is 21.9. The van der Waals surface area contributed by atoms with Gasteiger partial charge in [0.05, 0.1) is 11.2 Å². The maximum atomic E-state index is 12.3. The Balaban J connectivity index is 1.55. The SMILES string of the molecule is CCCCCCCCCCCCCCCC(=O)OCC(C)(O)[C@H]1CC[C@@](C)(O)[C@H]2CC[C@@H](C)[C@H]2C1. The minimum absolute atomic E-state index is 0.0636. The van der Waals surface area contributed by atoms with E-state index in [2.05, 4.69) is 13.8 Å². The number of ether oxygens (including phenoxy) is 1. The zero-order valence-electron chi connectivity index (χ0n) is 23.7. The van der Waals surface area contributed by atoms with Gasteiger partial charge in [0.1, 0.15) is 6.61 Å². The Morgan fingerprint density at radius 3 is 2.03 bits per heavy atom. The van der Waals surface area contributed by atoms with Gasteiger partial charge in [-0.2, -0.15) is 0 Å². The summed E-state index contributed by atoms with van der Waals surface area (Å²) in [6, 6.07) is 0. The lowest BCUT2D eigenvalue weighted by Gasteiger charge is -2.34. The van der Waals surface area contributed by atoms with Crippen LogP contribution < -0.4 is 0 Å². The molecule has 0 radical (unpaired) electrons. The van der Waals surface area contributed by atoms with Crippen LogP contribution in [0.15, 0.2) is 0 Å². The van der Waals surface area contributed by atoms with Crippen molar-refractivity contribution in [3.63, 3.8) is 0 Å². The molecule has 1 unspecified atom stereocenters. The molecule has 6 atom stereocenters. The smallest absolute Gasteiger partial charge is 0.305 e. The fraction of sp³-hybridized carbons (Fsp3) is 0.968. The number of unbranched alkanes of at least 4 members (excludes halogenated alkanes) is 12. The molecule has 0 aliphatic heterocycles. The lowest BCUT2D eigenvalue weighted by molar-refractivity contribution is -0.154. The topological polar surface area (TPSA) is 66.8 Å². The quantitative estimate of drug-likeness (QED) is 0.159. The molecule has 0 saturated heterocycles. The van der Waals surface area contributed by atoms with E-state index < -0.39 is 11.2 Å².